The highest BCUT2D eigenvalue weighted by atomic mass is 16.7. The van der Waals surface area contributed by atoms with Crippen LogP contribution < -0.4 is 5.46 Å². The number of likely N-dealkylation sites (tertiary alicyclic amines) is 1. The molecule has 1 N–H and O–H groups in total. The molecular formula is C25H34BN3O4. The molecule has 2 aliphatic heterocycles. The number of amides is 1. The average molecular weight is 451 g/mol. The summed E-state index contributed by atoms with van der Waals surface area (Å²) in [6.07, 6.45) is 5.51. The monoisotopic (exact) mass is 451 g/mol. The Labute approximate surface area is 196 Å². The summed E-state index contributed by atoms with van der Waals surface area (Å²) in [6.45, 7) is 9.46. The Bertz CT molecular complexity index is 1000. The van der Waals surface area contributed by atoms with E-state index in [0.717, 1.165) is 29.7 Å². The van der Waals surface area contributed by atoms with Crippen LogP contribution >= 0.6 is 0 Å². The molecule has 8 heteroatoms. The number of hydrogen-bond acceptors (Lipinski definition) is 5. The second-order valence-electron chi connectivity index (χ2n) is 10.9. The number of benzene rings is 1. The topological polar surface area (TPSA) is 76.8 Å². The Balaban J connectivity index is 1.26. The number of hydrogen-bond donors (Lipinski definition) is 1. The number of carbonyl (C=O) groups excluding carboxylic acids is 1. The van der Waals surface area contributed by atoms with Crippen LogP contribution in [0.15, 0.2) is 36.5 Å². The smallest absolute Gasteiger partial charge is 0.399 e. The molecule has 2 aromatic rings. The van der Waals surface area contributed by atoms with Gasteiger partial charge in [-0.05, 0) is 77.0 Å². The highest BCUT2D eigenvalue weighted by Crippen LogP contribution is 2.37. The Hall–Kier alpha value is -2.16. The maximum atomic E-state index is 12.3. The molecule has 1 aromatic carbocycles. The number of carbonyl (C=O) groups is 1. The number of piperidine rings is 1. The molecular weight excluding hydrogens is 417 g/mol. The van der Waals surface area contributed by atoms with Crippen molar-refractivity contribution in [1.29, 1.82) is 0 Å². The highest BCUT2D eigenvalue weighted by Gasteiger charge is 2.51. The third kappa shape index (κ3) is 4.36. The molecule has 0 spiro atoms. The Morgan fingerprint density at radius 2 is 1.67 bits per heavy atom. The van der Waals surface area contributed by atoms with Crippen LogP contribution in [-0.2, 0) is 20.5 Å². The first-order chi connectivity index (χ1) is 15.6. The van der Waals surface area contributed by atoms with Gasteiger partial charge in [0.2, 0.25) is 5.91 Å². The number of aromatic nitrogens is 2. The summed E-state index contributed by atoms with van der Waals surface area (Å²) in [4.78, 5) is 14.3. The molecule has 1 aliphatic carbocycles. The molecule has 1 amide bonds. The van der Waals surface area contributed by atoms with Gasteiger partial charge in [0, 0.05) is 37.3 Å². The lowest BCUT2D eigenvalue weighted by Crippen LogP contribution is -2.48. The van der Waals surface area contributed by atoms with E-state index < -0.39 is 12.7 Å². The largest absolute Gasteiger partial charge is 0.494 e. The van der Waals surface area contributed by atoms with Gasteiger partial charge in [-0.1, -0.05) is 12.1 Å². The molecule has 5 rings (SSSR count). The summed E-state index contributed by atoms with van der Waals surface area (Å²) < 4.78 is 14.2. The molecule has 0 unspecified atom stereocenters. The first-order valence-electron chi connectivity index (χ1n) is 12.1. The van der Waals surface area contributed by atoms with Gasteiger partial charge in [0.25, 0.3) is 0 Å². The zero-order valence-electron chi connectivity index (χ0n) is 20.1. The summed E-state index contributed by atoms with van der Waals surface area (Å²) in [5.41, 5.74) is 1.29. The minimum Gasteiger partial charge on any atom is -0.399 e. The van der Waals surface area contributed by atoms with Crippen LogP contribution in [0, 0.1) is 5.92 Å². The van der Waals surface area contributed by atoms with Gasteiger partial charge in [-0.25, -0.2) is 4.68 Å². The molecule has 176 valence electrons. The summed E-state index contributed by atoms with van der Waals surface area (Å²) >= 11 is 0. The predicted octanol–water partition coefficient (Wildman–Crippen LogP) is 2.48. The minimum atomic E-state index is -0.819. The average Bonchev–Trinajstić information content (AvgIpc) is 3.47. The maximum absolute atomic E-state index is 12.3. The molecule has 33 heavy (non-hydrogen) atoms. The minimum absolute atomic E-state index is 0.234. The van der Waals surface area contributed by atoms with Crippen molar-refractivity contribution in [1.82, 2.24) is 14.7 Å². The lowest BCUT2D eigenvalue weighted by molar-refractivity contribution is -0.136. The fraction of sp³-hybridized carbons (Fsp3) is 0.600. The summed E-state index contributed by atoms with van der Waals surface area (Å²) in [5.74, 6) is 0.502. The van der Waals surface area contributed by atoms with Crippen molar-refractivity contribution in [3.8, 4) is 5.69 Å². The van der Waals surface area contributed by atoms with Gasteiger partial charge >= 0.3 is 7.12 Å². The molecule has 3 aliphatic rings. The number of rotatable bonds is 5. The third-order valence-corrected chi connectivity index (χ3v) is 7.83. The van der Waals surface area contributed by atoms with Gasteiger partial charge in [-0.2, -0.15) is 5.10 Å². The van der Waals surface area contributed by atoms with Gasteiger partial charge in [0.1, 0.15) is 0 Å². The molecule has 0 atom stereocenters. The van der Waals surface area contributed by atoms with E-state index in [1.807, 2.05) is 39.9 Å². The Kier molecular flexibility index (Phi) is 5.46. The highest BCUT2D eigenvalue weighted by molar-refractivity contribution is 6.62. The van der Waals surface area contributed by atoms with Crippen molar-refractivity contribution in [3.05, 3.63) is 42.2 Å². The quantitative estimate of drug-likeness (QED) is 0.707. The van der Waals surface area contributed by atoms with E-state index in [9.17, 15) is 9.90 Å². The van der Waals surface area contributed by atoms with E-state index in [2.05, 4.69) is 32.8 Å². The van der Waals surface area contributed by atoms with Crippen molar-refractivity contribution in [3.63, 3.8) is 0 Å². The normalized spacial score (nSPS) is 23.7. The summed E-state index contributed by atoms with van der Waals surface area (Å²) in [6, 6.07) is 10.0. The number of nitrogens with zero attached hydrogens (tertiary/aromatic N) is 3. The first-order valence-corrected chi connectivity index (χ1v) is 12.1. The molecule has 3 heterocycles. The predicted molar refractivity (Wildman–Crippen MR) is 126 cm³/mol. The molecule has 0 radical (unpaired) electrons. The van der Waals surface area contributed by atoms with Crippen molar-refractivity contribution in [2.75, 3.05) is 13.1 Å². The van der Waals surface area contributed by atoms with Crippen LogP contribution in [0.3, 0.4) is 0 Å². The van der Waals surface area contributed by atoms with Crippen LogP contribution in [0.2, 0.25) is 0 Å². The summed E-state index contributed by atoms with van der Waals surface area (Å²) in [7, 11) is -0.398. The standard InChI is InChI=1S/C25H34BN3O4/c1-23(2)24(3,4)33-26(32-23)19-7-9-20(10-8-19)29-21(11-14-27-29)17-25(31)12-15-28(16-13-25)22(30)18-5-6-18/h7-11,14,18,31H,5-6,12-13,15-17H2,1-4H3. The second-order valence-corrected chi connectivity index (χ2v) is 10.9. The Morgan fingerprint density at radius 1 is 1.06 bits per heavy atom. The summed E-state index contributed by atoms with van der Waals surface area (Å²) in [5, 5.41) is 15.8. The van der Waals surface area contributed by atoms with E-state index in [1.165, 1.54) is 0 Å². The second kappa shape index (κ2) is 7.96. The van der Waals surface area contributed by atoms with Gasteiger partial charge in [0.05, 0.1) is 22.5 Å². The van der Waals surface area contributed by atoms with Crippen molar-refractivity contribution in [2.45, 2.75) is 76.6 Å². The SMILES string of the molecule is CC1(C)OB(c2ccc(-n3nccc3CC3(O)CCN(C(=O)C4CC4)CC3)cc2)OC1(C)C. The maximum Gasteiger partial charge on any atom is 0.494 e. The van der Waals surface area contributed by atoms with E-state index in [4.69, 9.17) is 9.31 Å². The van der Waals surface area contributed by atoms with Gasteiger partial charge in [-0.15, -0.1) is 0 Å². The van der Waals surface area contributed by atoms with E-state index in [-0.39, 0.29) is 23.0 Å². The lowest BCUT2D eigenvalue weighted by atomic mass is 9.79. The molecule has 7 nitrogen and oxygen atoms in total. The van der Waals surface area contributed by atoms with Crippen molar-refractivity contribution < 1.29 is 19.2 Å². The van der Waals surface area contributed by atoms with Crippen molar-refractivity contribution >= 4 is 18.5 Å². The van der Waals surface area contributed by atoms with Crippen LogP contribution in [0.1, 0.15) is 59.1 Å². The lowest BCUT2D eigenvalue weighted by Gasteiger charge is -2.38. The molecule has 2 saturated heterocycles. The fourth-order valence-electron chi connectivity index (χ4n) is 4.69. The van der Waals surface area contributed by atoms with Crippen LogP contribution in [-0.4, -0.2) is 62.7 Å². The molecule has 3 fully saturated rings. The fourth-order valence-corrected chi connectivity index (χ4v) is 4.69. The van der Waals surface area contributed by atoms with E-state index in [0.29, 0.717) is 32.4 Å². The van der Waals surface area contributed by atoms with E-state index >= 15 is 0 Å². The van der Waals surface area contributed by atoms with Crippen LogP contribution in [0.25, 0.3) is 5.69 Å². The molecule has 0 bridgehead atoms. The van der Waals surface area contributed by atoms with E-state index in [1.54, 1.807) is 6.20 Å². The van der Waals surface area contributed by atoms with Crippen LogP contribution in [0.4, 0.5) is 0 Å². The Morgan fingerprint density at radius 3 is 2.24 bits per heavy atom. The first kappa shape index (κ1) is 22.6. The molecule has 1 saturated carbocycles. The van der Waals surface area contributed by atoms with Crippen LogP contribution in [0.5, 0.6) is 0 Å². The number of aliphatic hydroxyl groups is 1. The van der Waals surface area contributed by atoms with Gasteiger partial charge in [0.15, 0.2) is 0 Å². The zero-order valence-corrected chi connectivity index (χ0v) is 20.1. The van der Waals surface area contributed by atoms with Gasteiger partial charge in [-0.3, -0.25) is 4.79 Å². The van der Waals surface area contributed by atoms with Crippen molar-refractivity contribution in [2.24, 2.45) is 5.92 Å². The van der Waals surface area contributed by atoms with Gasteiger partial charge < -0.3 is 19.3 Å². The zero-order chi connectivity index (χ0) is 23.4. The third-order valence-electron chi connectivity index (χ3n) is 7.83. The molecule has 1 aromatic heterocycles.